The highest BCUT2D eigenvalue weighted by molar-refractivity contribution is 5.79. The molecule has 1 amide bonds. The van der Waals surface area contributed by atoms with Crippen molar-refractivity contribution in [1.82, 2.24) is 25.7 Å². The van der Waals surface area contributed by atoms with E-state index >= 15 is 0 Å². The summed E-state index contributed by atoms with van der Waals surface area (Å²) in [5.41, 5.74) is 8.89. The van der Waals surface area contributed by atoms with E-state index in [1.54, 1.807) is 0 Å². The lowest BCUT2D eigenvalue weighted by Crippen LogP contribution is -2.50. The van der Waals surface area contributed by atoms with Crippen LogP contribution >= 0.6 is 0 Å². The van der Waals surface area contributed by atoms with E-state index in [1.807, 2.05) is 43.5 Å². The number of aromatic nitrogens is 2. The normalized spacial score (nSPS) is 25.1. The zero-order chi connectivity index (χ0) is 22.6. The predicted molar refractivity (Wildman–Crippen MR) is 127 cm³/mol. The molecule has 3 atom stereocenters. The Morgan fingerprint density at radius 3 is 2.73 bits per heavy atom. The van der Waals surface area contributed by atoms with Crippen molar-refractivity contribution < 1.29 is 9.53 Å². The Kier molecular flexibility index (Phi) is 6.73. The van der Waals surface area contributed by atoms with Crippen LogP contribution in [-0.2, 0) is 11.2 Å². The number of nitrogens with zero attached hydrogens (tertiary/aromatic N) is 4. The number of carbonyl (C=O) groups excluding carboxylic acids is 1. The summed E-state index contributed by atoms with van der Waals surface area (Å²) in [5.74, 6) is 2.08. The van der Waals surface area contributed by atoms with Crippen molar-refractivity contribution >= 4 is 11.9 Å². The highest BCUT2D eigenvalue weighted by Gasteiger charge is 2.42. The molecular weight excluding hydrogens is 416 g/mol. The molecule has 3 aliphatic heterocycles. The number of anilines is 1. The topological polar surface area (TPSA) is 82.6 Å². The van der Waals surface area contributed by atoms with Crippen LogP contribution in [0.15, 0.2) is 36.5 Å². The molecule has 3 aliphatic rings. The monoisotopic (exact) mass is 450 g/mol. The quantitative estimate of drug-likeness (QED) is 0.670. The van der Waals surface area contributed by atoms with Gasteiger partial charge in [-0.3, -0.25) is 15.6 Å². The van der Waals surface area contributed by atoms with E-state index in [4.69, 9.17) is 9.72 Å². The Morgan fingerprint density at radius 2 is 1.94 bits per heavy atom. The average Bonchev–Trinajstić information content (AvgIpc) is 3.62. The van der Waals surface area contributed by atoms with Gasteiger partial charge in [0.05, 0.1) is 24.8 Å². The average molecular weight is 451 g/mol. The van der Waals surface area contributed by atoms with E-state index in [-0.39, 0.29) is 23.9 Å². The van der Waals surface area contributed by atoms with E-state index in [2.05, 4.69) is 25.6 Å². The summed E-state index contributed by atoms with van der Waals surface area (Å²) < 4.78 is 5.52. The molecule has 33 heavy (non-hydrogen) atoms. The third kappa shape index (κ3) is 4.82. The zero-order valence-corrected chi connectivity index (χ0v) is 19.4. The molecule has 1 aromatic heterocycles. The number of carbonyl (C=O) groups is 1. The second-order valence-electron chi connectivity index (χ2n) is 9.18. The lowest BCUT2D eigenvalue weighted by Gasteiger charge is -2.32. The number of likely N-dealkylation sites (tertiary alicyclic amines) is 1. The van der Waals surface area contributed by atoms with Crippen LogP contribution in [0.25, 0.3) is 0 Å². The van der Waals surface area contributed by atoms with Gasteiger partial charge in [0.15, 0.2) is 0 Å². The summed E-state index contributed by atoms with van der Waals surface area (Å²) in [4.78, 5) is 27.1. The summed E-state index contributed by atoms with van der Waals surface area (Å²) in [5, 5.41) is 0. The fraction of sp³-hybridized carbons (Fsp3) is 0.560. The number of ether oxygens (including phenoxy) is 1. The van der Waals surface area contributed by atoms with Crippen LogP contribution in [-0.4, -0.2) is 65.6 Å². The smallest absolute Gasteiger partial charge is 0.227 e. The largest absolute Gasteiger partial charge is 0.494 e. The van der Waals surface area contributed by atoms with Gasteiger partial charge in [-0.15, -0.1) is 0 Å². The van der Waals surface area contributed by atoms with Crippen LogP contribution < -0.4 is 20.5 Å². The van der Waals surface area contributed by atoms with Crippen molar-refractivity contribution in [2.45, 2.75) is 57.0 Å². The molecule has 2 aromatic rings. The van der Waals surface area contributed by atoms with Crippen LogP contribution in [0.1, 0.15) is 49.8 Å². The Morgan fingerprint density at radius 1 is 1.12 bits per heavy atom. The standard InChI is InChI=1S/C25H34N6O2/c1-2-33-19-9-7-18(8-10-19)16-23(32)31-15-5-6-22(31)24-20(17-27-29-24)21-11-12-26-25(28-21)30-13-3-4-14-30/h7-12,20,22,24,27,29H,2-6,13-17H2,1H3. The van der Waals surface area contributed by atoms with E-state index in [0.29, 0.717) is 13.0 Å². The third-order valence-electron chi connectivity index (χ3n) is 7.08. The molecule has 3 saturated heterocycles. The lowest BCUT2D eigenvalue weighted by atomic mass is 9.90. The van der Waals surface area contributed by atoms with Crippen LogP contribution in [0, 0.1) is 0 Å². The van der Waals surface area contributed by atoms with Crippen molar-refractivity contribution in [2.24, 2.45) is 0 Å². The van der Waals surface area contributed by atoms with Crippen molar-refractivity contribution in [1.29, 1.82) is 0 Å². The Labute approximate surface area is 195 Å². The van der Waals surface area contributed by atoms with Crippen molar-refractivity contribution in [3.63, 3.8) is 0 Å². The van der Waals surface area contributed by atoms with E-state index in [0.717, 1.165) is 62.0 Å². The summed E-state index contributed by atoms with van der Waals surface area (Å²) in [6.45, 7) is 6.30. The van der Waals surface area contributed by atoms with Gasteiger partial charge in [-0.05, 0) is 56.4 Å². The van der Waals surface area contributed by atoms with Crippen molar-refractivity contribution in [2.75, 3.05) is 37.7 Å². The fourth-order valence-electron chi connectivity index (χ4n) is 5.43. The maximum absolute atomic E-state index is 13.3. The summed E-state index contributed by atoms with van der Waals surface area (Å²) in [7, 11) is 0. The highest BCUT2D eigenvalue weighted by atomic mass is 16.5. The molecule has 5 rings (SSSR count). The highest BCUT2D eigenvalue weighted by Crippen LogP contribution is 2.32. The Balaban J connectivity index is 1.28. The minimum absolute atomic E-state index is 0.137. The molecule has 3 fully saturated rings. The van der Waals surface area contributed by atoms with Crippen LogP contribution in [0.3, 0.4) is 0 Å². The first-order valence-electron chi connectivity index (χ1n) is 12.3. The molecule has 176 valence electrons. The third-order valence-corrected chi connectivity index (χ3v) is 7.08. The first-order valence-corrected chi connectivity index (χ1v) is 12.3. The van der Waals surface area contributed by atoms with E-state index in [9.17, 15) is 4.79 Å². The molecule has 0 radical (unpaired) electrons. The Hall–Kier alpha value is -2.71. The minimum Gasteiger partial charge on any atom is -0.494 e. The fourth-order valence-corrected chi connectivity index (χ4v) is 5.43. The Bertz CT molecular complexity index is 946. The van der Waals surface area contributed by atoms with Gasteiger partial charge in [-0.1, -0.05) is 12.1 Å². The number of benzene rings is 1. The van der Waals surface area contributed by atoms with Gasteiger partial charge in [0.2, 0.25) is 11.9 Å². The molecule has 1 aromatic carbocycles. The van der Waals surface area contributed by atoms with Gasteiger partial charge in [0.1, 0.15) is 5.75 Å². The van der Waals surface area contributed by atoms with E-state index < -0.39 is 0 Å². The molecule has 0 aliphatic carbocycles. The first kappa shape index (κ1) is 22.1. The van der Waals surface area contributed by atoms with Gasteiger partial charge in [0.25, 0.3) is 0 Å². The van der Waals surface area contributed by atoms with Gasteiger partial charge >= 0.3 is 0 Å². The number of hydrogen-bond acceptors (Lipinski definition) is 7. The van der Waals surface area contributed by atoms with Crippen LogP contribution in [0.2, 0.25) is 0 Å². The maximum atomic E-state index is 13.3. The lowest BCUT2D eigenvalue weighted by molar-refractivity contribution is -0.131. The number of rotatable bonds is 7. The maximum Gasteiger partial charge on any atom is 0.227 e. The molecule has 3 unspecified atom stereocenters. The van der Waals surface area contributed by atoms with Gasteiger partial charge < -0.3 is 14.5 Å². The summed E-state index contributed by atoms with van der Waals surface area (Å²) in [6.07, 6.45) is 6.75. The molecular formula is C25H34N6O2. The summed E-state index contributed by atoms with van der Waals surface area (Å²) >= 11 is 0. The predicted octanol–water partition coefficient (Wildman–Crippen LogP) is 2.27. The van der Waals surface area contributed by atoms with Gasteiger partial charge in [0, 0.05) is 44.3 Å². The van der Waals surface area contributed by atoms with Gasteiger partial charge in [-0.25, -0.2) is 9.97 Å². The molecule has 2 N–H and O–H groups in total. The first-order chi connectivity index (χ1) is 16.2. The van der Waals surface area contributed by atoms with Gasteiger partial charge in [-0.2, -0.15) is 0 Å². The number of amides is 1. The molecule has 8 nitrogen and oxygen atoms in total. The van der Waals surface area contributed by atoms with Crippen LogP contribution in [0.4, 0.5) is 5.95 Å². The zero-order valence-electron chi connectivity index (χ0n) is 19.4. The molecule has 0 bridgehead atoms. The van der Waals surface area contributed by atoms with Crippen LogP contribution in [0.5, 0.6) is 5.75 Å². The SMILES string of the molecule is CCOc1ccc(CC(=O)N2CCCC2C2NNCC2c2ccnc(N3CCCC3)n2)cc1. The second kappa shape index (κ2) is 10.1. The molecule has 8 heteroatoms. The number of hydrazine groups is 1. The van der Waals surface area contributed by atoms with Crippen molar-refractivity contribution in [3.05, 3.63) is 47.8 Å². The number of nitrogens with one attached hydrogen (secondary N) is 2. The summed E-state index contributed by atoms with van der Waals surface area (Å²) in [6, 6.07) is 10.2. The van der Waals surface area contributed by atoms with E-state index in [1.165, 1.54) is 12.8 Å². The molecule has 0 saturated carbocycles. The second-order valence-corrected chi connectivity index (χ2v) is 9.18. The number of hydrogen-bond donors (Lipinski definition) is 2. The molecule has 0 spiro atoms. The van der Waals surface area contributed by atoms with Crippen molar-refractivity contribution in [3.8, 4) is 5.75 Å². The minimum atomic E-state index is 0.137. The molecule has 4 heterocycles.